The first-order valence-corrected chi connectivity index (χ1v) is 15.4. The summed E-state index contributed by atoms with van der Waals surface area (Å²) < 4.78 is 31.2. The Hall–Kier alpha value is -0.200. The Kier molecular flexibility index (Phi) is 10.8. The second-order valence-electron chi connectivity index (χ2n) is 11.6. The average molecular weight is 495 g/mol. The molecule has 0 aromatic heterocycles. The minimum Gasteiger partial charge on any atom is -0.370 e. The van der Waals surface area contributed by atoms with E-state index in [0.717, 1.165) is 24.7 Å². The minimum absolute atomic E-state index is 0.259. The average Bonchev–Trinajstić information content (AvgIpc) is 3.77. The van der Waals surface area contributed by atoms with Crippen molar-refractivity contribution in [3.8, 4) is 0 Å². The Labute approximate surface area is 215 Å². The van der Waals surface area contributed by atoms with Gasteiger partial charge in [0.15, 0.2) is 0 Å². The van der Waals surface area contributed by atoms with Crippen LogP contribution in [0.25, 0.3) is 0 Å². The van der Waals surface area contributed by atoms with E-state index >= 15 is 0 Å². The van der Waals surface area contributed by atoms with Crippen molar-refractivity contribution in [3.05, 3.63) is 0 Å². The van der Waals surface area contributed by atoms with Gasteiger partial charge in [-0.3, -0.25) is 0 Å². The third kappa shape index (κ3) is 7.44. The van der Waals surface area contributed by atoms with E-state index in [1.807, 2.05) is 0 Å². The van der Waals surface area contributed by atoms with Gasteiger partial charge in [0.1, 0.15) is 0 Å². The Bertz CT molecular complexity index is 567. The van der Waals surface area contributed by atoms with Crippen molar-refractivity contribution in [1.82, 2.24) is 0 Å². The van der Waals surface area contributed by atoms with Crippen LogP contribution in [0.3, 0.4) is 0 Å². The van der Waals surface area contributed by atoms with Crippen molar-refractivity contribution < 1.29 is 23.7 Å². The molecule has 0 aromatic carbocycles. The molecule has 0 N–H and O–H groups in total. The molecule has 0 aromatic rings. The molecule has 4 aliphatic rings. The van der Waals surface area contributed by atoms with Crippen LogP contribution in [0.5, 0.6) is 0 Å². The van der Waals surface area contributed by atoms with E-state index in [2.05, 4.69) is 27.7 Å². The number of hydrogen-bond donors (Lipinski definition) is 0. The lowest BCUT2D eigenvalue weighted by atomic mass is 9.66. The lowest BCUT2D eigenvalue weighted by Gasteiger charge is -2.44. The van der Waals surface area contributed by atoms with E-state index in [0.29, 0.717) is 50.2 Å². The van der Waals surface area contributed by atoms with Crippen LogP contribution < -0.4 is 0 Å². The molecule has 204 valence electrons. The zero-order chi connectivity index (χ0) is 24.7. The Morgan fingerprint density at radius 3 is 1.66 bits per heavy atom. The number of unbranched alkanes of at least 4 members (excludes halogenated alkanes) is 5. The van der Waals surface area contributed by atoms with Crippen LogP contribution in [0.4, 0.5) is 0 Å². The van der Waals surface area contributed by atoms with Crippen molar-refractivity contribution in [1.29, 1.82) is 0 Å². The summed E-state index contributed by atoms with van der Waals surface area (Å²) in [6, 6.07) is 0. The predicted octanol–water partition coefficient (Wildman–Crippen LogP) is 7.26. The summed E-state index contributed by atoms with van der Waals surface area (Å²) in [5.74, 6) is 1.51. The molecule has 35 heavy (non-hydrogen) atoms. The van der Waals surface area contributed by atoms with Crippen LogP contribution in [0.2, 0.25) is 0 Å². The van der Waals surface area contributed by atoms with Gasteiger partial charge in [0.2, 0.25) is 0 Å². The molecule has 0 spiro atoms. The molecule has 5 nitrogen and oxygen atoms in total. The monoisotopic (exact) mass is 494 g/mol. The van der Waals surface area contributed by atoms with Crippen LogP contribution in [0.1, 0.15) is 118 Å². The second kappa shape index (κ2) is 13.6. The molecule has 2 aliphatic heterocycles. The first-order chi connectivity index (χ1) is 17.1. The molecule has 2 saturated heterocycles. The summed E-state index contributed by atoms with van der Waals surface area (Å²) in [7, 11) is 0. The highest BCUT2D eigenvalue weighted by molar-refractivity contribution is 4.99. The third-order valence-corrected chi connectivity index (χ3v) is 9.30. The van der Waals surface area contributed by atoms with Crippen LogP contribution in [0.15, 0.2) is 0 Å². The quantitative estimate of drug-likeness (QED) is 0.114. The lowest BCUT2D eigenvalue weighted by Crippen LogP contribution is -2.48. The first-order valence-electron chi connectivity index (χ1n) is 15.4. The van der Waals surface area contributed by atoms with E-state index in [4.69, 9.17) is 23.7 Å². The standard InChI is InChI=1S/C30H54O5/c1-5-9-10-11-12-13-14-24(30(31-6-2,32-7-3)33-8-4)21-25(22-15-17-26-28(19-22)34-26)23-16-18-27-29(20-23)35-27/h22-29H,5-21H2,1-4H3. The van der Waals surface area contributed by atoms with Gasteiger partial charge in [0.25, 0.3) is 5.97 Å². The summed E-state index contributed by atoms with van der Waals surface area (Å²) in [6.07, 6.45) is 19.9. The lowest BCUT2D eigenvalue weighted by molar-refractivity contribution is -0.404. The molecule has 4 fully saturated rings. The summed E-state index contributed by atoms with van der Waals surface area (Å²) in [6.45, 7) is 10.3. The van der Waals surface area contributed by atoms with Crippen molar-refractivity contribution in [2.75, 3.05) is 19.8 Å². The first kappa shape index (κ1) is 27.8. The van der Waals surface area contributed by atoms with Gasteiger partial charge in [-0.1, -0.05) is 45.4 Å². The molecular formula is C30H54O5. The second-order valence-corrected chi connectivity index (χ2v) is 11.6. The molecule has 7 atom stereocenters. The number of ether oxygens (including phenoxy) is 5. The third-order valence-electron chi connectivity index (χ3n) is 9.30. The van der Waals surface area contributed by atoms with Gasteiger partial charge in [0.05, 0.1) is 24.4 Å². The summed E-state index contributed by atoms with van der Waals surface area (Å²) in [4.78, 5) is 0. The van der Waals surface area contributed by atoms with Gasteiger partial charge < -0.3 is 23.7 Å². The summed E-state index contributed by atoms with van der Waals surface area (Å²) >= 11 is 0. The normalized spacial score (nSPS) is 33.6. The molecule has 2 aliphatic carbocycles. The largest absolute Gasteiger partial charge is 0.370 e. The van der Waals surface area contributed by atoms with Gasteiger partial charge in [-0.2, -0.15) is 0 Å². The molecule has 0 radical (unpaired) electrons. The number of rotatable bonds is 18. The van der Waals surface area contributed by atoms with Crippen LogP contribution in [-0.4, -0.2) is 50.2 Å². The number of fused-ring (bicyclic) bond motifs is 2. The van der Waals surface area contributed by atoms with Crippen LogP contribution >= 0.6 is 0 Å². The highest BCUT2D eigenvalue weighted by Gasteiger charge is 2.52. The maximum Gasteiger partial charge on any atom is 0.285 e. The zero-order valence-corrected chi connectivity index (χ0v) is 23.2. The van der Waals surface area contributed by atoms with Crippen LogP contribution in [0, 0.1) is 23.7 Å². The fraction of sp³-hybridized carbons (Fsp3) is 1.00. The Morgan fingerprint density at radius 1 is 0.657 bits per heavy atom. The van der Waals surface area contributed by atoms with E-state index in [1.165, 1.54) is 77.0 Å². The molecule has 0 amide bonds. The van der Waals surface area contributed by atoms with Crippen molar-refractivity contribution in [2.45, 2.75) is 148 Å². The number of hydrogen-bond acceptors (Lipinski definition) is 5. The SMILES string of the molecule is CCCCCCCCC(CC(C1CCC2OC2C1)C1CCC2OC2C1)C(OCC)(OCC)OCC. The van der Waals surface area contributed by atoms with Crippen molar-refractivity contribution in [2.24, 2.45) is 23.7 Å². The van der Waals surface area contributed by atoms with Gasteiger partial charge in [-0.15, -0.1) is 0 Å². The fourth-order valence-corrected chi connectivity index (χ4v) is 7.44. The molecule has 0 bridgehead atoms. The highest BCUT2D eigenvalue weighted by Crippen LogP contribution is 2.52. The molecule has 7 unspecified atom stereocenters. The molecule has 4 rings (SSSR count). The fourth-order valence-electron chi connectivity index (χ4n) is 7.44. The molecule has 5 heteroatoms. The Balaban J connectivity index is 1.50. The van der Waals surface area contributed by atoms with Gasteiger partial charge in [-0.25, -0.2) is 0 Å². The number of epoxide rings is 2. The summed E-state index contributed by atoms with van der Waals surface area (Å²) in [5, 5.41) is 0. The molecular weight excluding hydrogens is 440 g/mol. The topological polar surface area (TPSA) is 52.8 Å². The smallest absolute Gasteiger partial charge is 0.285 e. The van der Waals surface area contributed by atoms with Crippen LogP contribution in [-0.2, 0) is 23.7 Å². The maximum atomic E-state index is 6.41. The Morgan fingerprint density at radius 2 is 1.17 bits per heavy atom. The molecule has 2 saturated carbocycles. The highest BCUT2D eigenvalue weighted by atomic mass is 16.9. The van der Waals surface area contributed by atoms with Crippen molar-refractivity contribution in [3.63, 3.8) is 0 Å². The molecule has 2 heterocycles. The minimum atomic E-state index is -0.916. The summed E-state index contributed by atoms with van der Waals surface area (Å²) in [5.41, 5.74) is 0. The van der Waals surface area contributed by atoms with Crippen molar-refractivity contribution >= 4 is 0 Å². The maximum absolute atomic E-state index is 6.41. The van der Waals surface area contributed by atoms with E-state index < -0.39 is 5.97 Å². The van der Waals surface area contributed by atoms with E-state index in [-0.39, 0.29) is 5.92 Å². The predicted molar refractivity (Wildman–Crippen MR) is 139 cm³/mol. The van der Waals surface area contributed by atoms with Gasteiger partial charge in [-0.05, 0) is 89.9 Å². The zero-order valence-electron chi connectivity index (χ0n) is 23.2. The van der Waals surface area contributed by atoms with Gasteiger partial charge >= 0.3 is 0 Å². The van der Waals surface area contributed by atoms with E-state index in [9.17, 15) is 0 Å². The van der Waals surface area contributed by atoms with Gasteiger partial charge in [0, 0.05) is 25.7 Å². The van der Waals surface area contributed by atoms with E-state index in [1.54, 1.807) is 0 Å².